The van der Waals surface area contributed by atoms with Crippen molar-refractivity contribution >= 4 is 16.7 Å². The lowest BCUT2D eigenvalue weighted by Crippen LogP contribution is -2.72. The molecule has 0 bridgehead atoms. The summed E-state index contributed by atoms with van der Waals surface area (Å²) in [6.45, 7) is 12.1. The van der Waals surface area contributed by atoms with Gasteiger partial charge in [-0.3, -0.25) is 4.79 Å². The number of amides is 1. The molecule has 3 aromatic rings. The zero-order chi connectivity index (χ0) is 27.7. The Kier molecular flexibility index (Phi) is 7.58. The number of likely N-dealkylation sites (tertiary alicyclic amines) is 1. The highest BCUT2D eigenvalue weighted by atomic mass is 16.5. The van der Waals surface area contributed by atoms with Crippen LogP contribution >= 0.6 is 0 Å². The van der Waals surface area contributed by atoms with Crippen LogP contribution in [0.25, 0.3) is 10.8 Å². The minimum Gasteiger partial charge on any atom is -0.497 e. The minimum absolute atomic E-state index is 0.0278. The van der Waals surface area contributed by atoms with E-state index in [-0.39, 0.29) is 11.9 Å². The summed E-state index contributed by atoms with van der Waals surface area (Å²) >= 11 is 0. The van der Waals surface area contributed by atoms with Crippen LogP contribution in [0.15, 0.2) is 79.4 Å². The maximum atomic E-state index is 13.4. The van der Waals surface area contributed by atoms with Crippen molar-refractivity contribution in [3.63, 3.8) is 0 Å². The summed E-state index contributed by atoms with van der Waals surface area (Å²) in [5.41, 5.74) is 0.419. The third kappa shape index (κ3) is 5.22. The molecule has 5 nitrogen and oxygen atoms in total. The molecular weight excluding hydrogens is 484 g/mol. The summed E-state index contributed by atoms with van der Waals surface area (Å²) in [5, 5.41) is 18.1. The van der Waals surface area contributed by atoms with E-state index in [2.05, 4.69) is 43.9 Å². The second-order valence-corrected chi connectivity index (χ2v) is 12.3. The lowest BCUT2D eigenvalue weighted by Gasteiger charge is -2.60. The largest absolute Gasteiger partial charge is 0.497 e. The van der Waals surface area contributed by atoms with Gasteiger partial charge >= 0.3 is 0 Å². The molecule has 3 aromatic carbocycles. The van der Waals surface area contributed by atoms with Gasteiger partial charge in [-0.1, -0.05) is 62.9 Å². The van der Waals surface area contributed by atoms with Crippen molar-refractivity contribution in [3.05, 3.63) is 90.5 Å². The highest BCUT2D eigenvalue weighted by molar-refractivity contribution is 5.98. The van der Waals surface area contributed by atoms with Gasteiger partial charge in [-0.2, -0.15) is 0 Å². The van der Waals surface area contributed by atoms with Gasteiger partial charge in [0.2, 0.25) is 0 Å². The summed E-state index contributed by atoms with van der Waals surface area (Å²) in [7, 11) is 1.69. The molecular formula is C34H43N2O3+. The van der Waals surface area contributed by atoms with Crippen molar-refractivity contribution in [2.45, 2.75) is 56.6 Å². The van der Waals surface area contributed by atoms with E-state index in [1.165, 1.54) is 0 Å². The van der Waals surface area contributed by atoms with Crippen molar-refractivity contribution in [3.8, 4) is 5.75 Å². The standard InChI is InChI=1S/C34H42N2O3/c1-5-18-36(23-25(2)3)19-17-33(29-11-8-12-31(21-29)39-4)22-30(15-16-34(33,38)24-36)35-32(37)28-14-13-26-9-6-7-10-27(26)20-28/h5-14,20-21,25,30,38H,1,15-19,22-24H2,2-4H3/p+1/t30-,33-,34?,36+/m1/s1. The van der Waals surface area contributed by atoms with Crippen LogP contribution in [0.5, 0.6) is 5.75 Å². The first-order valence-corrected chi connectivity index (χ1v) is 14.3. The first-order chi connectivity index (χ1) is 18.7. The molecule has 1 amide bonds. The van der Waals surface area contributed by atoms with Gasteiger partial charge in [-0.05, 0) is 65.9 Å². The van der Waals surface area contributed by atoms with Crippen molar-refractivity contribution < 1.29 is 19.1 Å². The Bertz CT molecular complexity index is 1350. The van der Waals surface area contributed by atoms with Crippen LogP contribution in [0.2, 0.25) is 0 Å². The monoisotopic (exact) mass is 527 g/mol. The van der Waals surface area contributed by atoms with Crippen LogP contribution in [-0.2, 0) is 5.41 Å². The number of aliphatic hydroxyl groups is 1. The summed E-state index contributed by atoms with van der Waals surface area (Å²) < 4.78 is 6.46. The third-order valence-corrected chi connectivity index (χ3v) is 9.24. The average Bonchev–Trinajstić information content (AvgIpc) is 2.92. The highest BCUT2D eigenvalue weighted by Crippen LogP contribution is 2.53. The fraction of sp³-hybridized carbons (Fsp3) is 0.441. The van der Waals surface area contributed by atoms with Crippen molar-refractivity contribution in [1.82, 2.24) is 5.32 Å². The Morgan fingerprint density at radius 3 is 2.67 bits per heavy atom. The highest BCUT2D eigenvalue weighted by Gasteiger charge is 2.62. The van der Waals surface area contributed by atoms with E-state index >= 15 is 0 Å². The van der Waals surface area contributed by atoms with Crippen LogP contribution in [0.1, 0.15) is 55.5 Å². The maximum absolute atomic E-state index is 13.4. The zero-order valence-corrected chi connectivity index (χ0v) is 23.7. The molecule has 5 heteroatoms. The number of benzene rings is 3. The molecule has 1 aliphatic heterocycles. The fourth-order valence-corrected chi connectivity index (χ4v) is 7.60. The molecule has 1 saturated heterocycles. The molecule has 5 rings (SSSR count). The number of nitrogens with one attached hydrogen (secondary N) is 1. The number of carbonyl (C=O) groups is 1. The fourth-order valence-electron chi connectivity index (χ4n) is 7.60. The summed E-state index contributed by atoms with van der Waals surface area (Å²) in [6.07, 6.45) is 4.95. The van der Waals surface area contributed by atoms with Crippen LogP contribution in [0, 0.1) is 5.92 Å². The van der Waals surface area contributed by atoms with Gasteiger partial charge in [0.1, 0.15) is 17.9 Å². The minimum atomic E-state index is -0.889. The van der Waals surface area contributed by atoms with Gasteiger partial charge in [0, 0.05) is 29.4 Å². The predicted molar refractivity (Wildman–Crippen MR) is 158 cm³/mol. The molecule has 39 heavy (non-hydrogen) atoms. The molecule has 206 valence electrons. The van der Waals surface area contributed by atoms with E-state index < -0.39 is 11.0 Å². The molecule has 1 unspecified atom stereocenters. The number of rotatable bonds is 8. The number of hydrogen-bond donors (Lipinski definition) is 2. The summed E-state index contributed by atoms with van der Waals surface area (Å²) in [4.78, 5) is 13.4. The van der Waals surface area contributed by atoms with Gasteiger partial charge in [0.25, 0.3) is 5.91 Å². The number of quaternary nitrogens is 1. The molecule has 0 radical (unpaired) electrons. The van der Waals surface area contributed by atoms with Gasteiger partial charge < -0.3 is 19.6 Å². The normalized spacial score (nSPS) is 28.6. The van der Waals surface area contributed by atoms with Gasteiger partial charge in [0.05, 0.1) is 26.7 Å². The third-order valence-electron chi connectivity index (χ3n) is 9.24. The molecule has 0 aromatic heterocycles. The van der Waals surface area contributed by atoms with Gasteiger partial charge in [0.15, 0.2) is 0 Å². The number of fused-ring (bicyclic) bond motifs is 2. The van der Waals surface area contributed by atoms with E-state index in [0.29, 0.717) is 30.9 Å². The maximum Gasteiger partial charge on any atom is 0.251 e. The lowest BCUT2D eigenvalue weighted by atomic mass is 9.54. The Morgan fingerprint density at radius 1 is 1.13 bits per heavy atom. The topological polar surface area (TPSA) is 58.6 Å². The Morgan fingerprint density at radius 2 is 1.92 bits per heavy atom. The Labute approximate surface area is 233 Å². The molecule has 2 N–H and O–H groups in total. The predicted octanol–water partition coefficient (Wildman–Crippen LogP) is 5.86. The van der Waals surface area contributed by atoms with E-state index in [0.717, 1.165) is 59.0 Å². The lowest BCUT2D eigenvalue weighted by molar-refractivity contribution is -0.938. The number of methoxy groups -OCH3 is 1. The van der Waals surface area contributed by atoms with E-state index in [1.807, 2.05) is 54.6 Å². The van der Waals surface area contributed by atoms with Crippen molar-refractivity contribution in [2.24, 2.45) is 5.92 Å². The summed E-state index contributed by atoms with van der Waals surface area (Å²) in [6, 6.07) is 22.2. The average molecular weight is 528 g/mol. The molecule has 1 heterocycles. The van der Waals surface area contributed by atoms with E-state index in [9.17, 15) is 9.90 Å². The van der Waals surface area contributed by atoms with Gasteiger partial charge in [-0.25, -0.2) is 0 Å². The smallest absolute Gasteiger partial charge is 0.251 e. The quantitative estimate of drug-likeness (QED) is 0.285. The number of carbonyl (C=O) groups excluding carboxylic acids is 1. The van der Waals surface area contributed by atoms with E-state index in [1.54, 1.807) is 7.11 Å². The Hall–Kier alpha value is -3.15. The molecule has 1 aliphatic carbocycles. The molecule has 4 atom stereocenters. The first kappa shape index (κ1) is 27.4. The van der Waals surface area contributed by atoms with E-state index in [4.69, 9.17) is 4.74 Å². The SMILES string of the molecule is C=CC[N@@+]1(CC(C)C)CC[C@]2(c3cccc(OC)c3)C[C@H](NC(=O)c3ccc4ccccc4c3)CCC2(O)C1. The second-order valence-electron chi connectivity index (χ2n) is 12.3. The zero-order valence-electron chi connectivity index (χ0n) is 23.7. The number of piperidine rings is 1. The van der Waals surface area contributed by atoms with Gasteiger partial charge in [-0.15, -0.1) is 0 Å². The van der Waals surface area contributed by atoms with Crippen LogP contribution in [0.3, 0.4) is 0 Å². The number of ether oxygens (including phenoxy) is 1. The number of nitrogens with zero attached hydrogens (tertiary/aromatic N) is 1. The van der Waals surface area contributed by atoms with Crippen LogP contribution in [0.4, 0.5) is 0 Å². The molecule has 1 saturated carbocycles. The molecule has 2 aliphatic rings. The second kappa shape index (κ2) is 10.8. The Balaban J connectivity index is 1.47. The van der Waals surface area contributed by atoms with Crippen molar-refractivity contribution in [1.29, 1.82) is 0 Å². The number of hydrogen-bond acceptors (Lipinski definition) is 3. The molecule has 2 fully saturated rings. The molecule has 0 spiro atoms. The summed E-state index contributed by atoms with van der Waals surface area (Å²) in [5.74, 6) is 1.27. The van der Waals surface area contributed by atoms with Crippen molar-refractivity contribution in [2.75, 3.05) is 33.3 Å². The first-order valence-electron chi connectivity index (χ1n) is 14.3. The van der Waals surface area contributed by atoms with Crippen LogP contribution < -0.4 is 10.1 Å². The van der Waals surface area contributed by atoms with Crippen LogP contribution in [-0.4, -0.2) is 60.4 Å².